The van der Waals surface area contributed by atoms with Crippen molar-refractivity contribution >= 4 is 21.8 Å². The van der Waals surface area contributed by atoms with E-state index in [1.54, 1.807) is 0 Å². The molecule has 0 saturated heterocycles. The molecule has 8 nitrogen and oxygen atoms in total. The van der Waals surface area contributed by atoms with E-state index in [1.807, 2.05) is 24.8 Å². The first-order valence-corrected chi connectivity index (χ1v) is 15.1. The molecule has 0 atom stereocenters. The summed E-state index contributed by atoms with van der Waals surface area (Å²) in [6, 6.07) is 21.1. The van der Waals surface area contributed by atoms with Gasteiger partial charge in [-0.05, 0) is 99.4 Å². The largest absolute Gasteiger partial charge is 0.313 e. The highest BCUT2D eigenvalue weighted by molar-refractivity contribution is 6.02. The molecule has 0 fully saturated rings. The lowest BCUT2D eigenvalue weighted by Gasteiger charge is -2.10. The SMILES string of the molecule is c1cc(CNCCCCNCc2ccc3ccc4ccc(CNCCCCNCc5ccncc5)nc4c3n2)ccn1. The zero-order valence-corrected chi connectivity index (χ0v) is 24.4. The minimum Gasteiger partial charge on any atom is -0.313 e. The Hall–Kier alpha value is -3.82. The van der Waals surface area contributed by atoms with Gasteiger partial charge < -0.3 is 21.3 Å². The van der Waals surface area contributed by atoms with Gasteiger partial charge in [-0.2, -0.15) is 0 Å². The van der Waals surface area contributed by atoms with Crippen LogP contribution in [0.1, 0.15) is 48.2 Å². The van der Waals surface area contributed by atoms with E-state index in [-0.39, 0.29) is 0 Å². The van der Waals surface area contributed by atoms with E-state index in [2.05, 4.69) is 91.9 Å². The zero-order valence-electron chi connectivity index (χ0n) is 24.4. The normalized spacial score (nSPS) is 11.4. The van der Waals surface area contributed by atoms with Crippen LogP contribution >= 0.6 is 0 Å². The summed E-state index contributed by atoms with van der Waals surface area (Å²) < 4.78 is 0. The second-order valence-corrected chi connectivity index (χ2v) is 10.6. The Kier molecular flexibility index (Phi) is 11.7. The molecule has 1 aromatic carbocycles. The van der Waals surface area contributed by atoms with E-state index in [1.165, 1.54) is 11.1 Å². The van der Waals surface area contributed by atoms with E-state index in [0.29, 0.717) is 0 Å². The van der Waals surface area contributed by atoms with Crippen LogP contribution in [0.15, 0.2) is 85.5 Å². The number of unbranched alkanes of at least 4 members (excludes halogenated alkanes) is 2. The molecule has 0 bridgehead atoms. The van der Waals surface area contributed by atoms with Crippen LogP contribution in [0.5, 0.6) is 0 Å². The van der Waals surface area contributed by atoms with Crippen molar-refractivity contribution in [3.63, 3.8) is 0 Å². The molecule has 8 heteroatoms. The quantitative estimate of drug-likeness (QED) is 0.0885. The van der Waals surface area contributed by atoms with Crippen molar-refractivity contribution in [3.05, 3.63) is 108 Å². The second-order valence-electron chi connectivity index (χ2n) is 10.6. The summed E-state index contributed by atoms with van der Waals surface area (Å²) in [6.07, 6.45) is 11.9. The van der Waals surface area contributed by atoms with Gasteiger partial charge in [0.05, 0.1) is 22.4 Å². The molecule has 0 saturated carbocycles. The highest BCUT2D eigenvalue weighted by atomic mass is 14.9. The van der Waals surface area contributed by atoms with Crippen molar-refractivity contribution in [1.82, 2.24) is 41.2 Å². The van der Waals surface area contributed by atoms with Gasteiger partial charge in [0.15, 0.2) is 0 Å². The number of nitrogens with one attached hydrogen (secondary N) is 4. The molecule has 42 heavy (non-hydrogen) atoms. The van der Waals surface area contributed by atoms with Crippen molar-refractivity contribution in [2.45, 2.75) is 51.9 Å². The van der Waals surface area contributed by atoms with E-state index < -0.39 is 0 Å². The van der Waals surface area contributed by atoms with Crippen LogP contribution in [0.3, 0.4) is 0 Å². The summed E-state index contributed by atoms with van der Waals surface area (Å²) >= 11 is 0. The van der Waals surface area contributed by atoms with Gasteiger partial charge in [-0.15, -0.1) is 0 Å². The smallest absolute Gasteiger partial charge is 0.0968 e. The van der Waals surface area contributed by atoms with Crippen LogP contribution in [0.2, 0.25) is 0 Å². The molecule has 4 heterocycles. The summed E-state index contributed by atoms with van der Waals surface area (Å²) in [4.78, 5) is 18.2. The molecule has 0 spiro atoms. The first-order valence-electron chi connectivity index (χ1n) is 15.1. The van der Waals surface area contributed by atoms with Crippen LogP contribution < -0.4 is 21.3 Å². The Morgan fingerprint density at radius 2 is 0.762 bits per heavy atom. The Bertz CT molecular complexity index is 1380. The average Bonchev–Trinajstić information content (AvgIpc) is 3.04. The Labute approximate surface area is 248 Å². The third-order valence-electron chi connectivity index (χ3n) is 7.32. The summed E-state index contributed by atoms with van der Waals surface area (Å²) in [5, 5.41) is 16.4. The van der Waals surface area contributed by atoms with Crippen molar-refractivity contribution < 1.29 is 0 Å². The van der Waals surface area contributed by atoms with Crippen molar-refractivity contribution in [1.29, 1.82) is 0 Å². The van der Waals surface area contributed by atoms with Gasteiger partial charge in [-0.25, -0.2) is 9.97 Å². The minimum atomic E-state index is 0.759. The van der Waals surface area contributed by atoms with Gasteiger partial charge in [0.25, 0.3) is 0 Å². The molecule has 0 unspecified atom stereocenters. The number of rotatable bonds is 18. The maximum absolute atomic E-state index is 5.01. The number of pyridine rings is 4. The number of fused-ring (bicyclic) bond motifs is 3. The number of aromatic nitrogens is 4. The monoisotopic (exact) mass is 562 g/mol. The van der Waals surface area contributed by atoms with Crippen molar-refractivity contribution in [2.75, 3.05) is 26.2 Å². The van der Waals surface area contributed by atoms with Crippen LogP contribution in [-0.2, 0) is 26.2 Å². The molecule has 0 aliphatic rings. The first kappa shape index (κ1) is 29.7. The Balaban J connectivity index is 1.03. The predicted molar refractivity (Wildman–Crippen MR) is 171 cm³/mol. The molecular weight excluding hydrogens is 520 g/mol. The Morgan fingerprint density at radius 1 is 0.405 bits per heavy atom. The van der Waals surface area contributed by atoms with Crippen LogP contribution in [0.4, 0.5) is 0 Å². The van der Waals surface area contributed by atoms with Gasteiger partial charge >= 0.3 is 0 Å². The van der Waals surface area contributed by atoms with Gasteiger partial charge in [-0.1, -0.05) is 24.3 Å². The first-order chi connectivity index (χ1) is 20.8. The molecule has 5 rings (SSSR count). The molecule has 0 amide bonds. The molecule has 218 valence electrons. The fourth-order valence-electron chi connectivity index (χ4n) is 4.95. The molecule has 4 aromatic heterocycles. The minimum absolute atomic E-state index is 0.759. The van der Waals surface area contributed by atoms with E-state index >= 15 is 0 Å². The van der Waals surface area contributed by atoms with Crippen LogP contribution in [0, 0.1) is 0 Å². The zero-order chi connectivity index (χ0) is 28.7. The van der Waals surface area contributed by atoms with Gasteiger partial charge in [0.2, 0.25) is 0 Å². The number of nitrogens with zero attached hydrogens (tertiary/aromatic N) is 4. The molecule has 0 radical (unpaired) electrons. The summed E-state index contributed by atoms with van der Waals surface area (Å²) in [6.45, 7) is 7.27. The number of hydrogen-bond donors (Lipinski definition) is 4. The summed E-state index contributed by atoms with van der Waals surface area (Å²) in [7, 11) is 0. The van der Waals surface area contributed by atoms with Crippen molar-refractivity contribution in [2.24, 2.45) is 0 Å². The van der Waals surface area contributed by atoms with E-state index in [0.717, 1.165) is 111 Å². The third kappa shape index (κ3) is 9.36. The highest BCUT2D eigenvalue weighted by Crippen LogP contribution is 2.23. The number of hydrogen-bond acceptors (Lipinski definition) is 8. The van der Waals surface area contributed by atoms with E-state index in [4.69, 9.17) is 9.97 Å². The highest BCUT2D eigenvalue weighted by Gasteiger charge is 2.07. The number of benzene rings is 1. The van der Waals surface area contributed by atoms with Gasteiger partial charge in [0.1, 0.15) is 0 Å². The topological polar surface area (TPSA) is 99.7 Å². The van der Waals surface area contributed by atoms with E-state index in [9.17, 15) is 0 Å². The van der Waals surface area contributed by atoms with Gasteiger partial charge in [-0.3, -0.25) is 9.97 Å². The fourth-order valence-corrected chi connectivity index (χ4v) is 4.95. The Morgan fingerprint density at radius 3 is 1.17 bits per heavy atom. The third-order valence-corrected chi connectivity index (χ3v) is 7.32. The molecule has 5 aromatic rings. The molecular formula is C34H42N8. The summed E-state index contributed by atoms with van der Waals surface area (Å²) in [5.74, 6) is 0. The average molecular weight is 563 g/mol. The lowest BCUT2D eigenvalue weighted by molar-refractivity contribution is 0.579. The summed E-state index contributed by atoms with van der Waals surface area (Å²) in [5.41, 5.74) is 6.60. The maximum atomic E-state index is 5.01. The molecule has 0 aliphatic carbocycles. The lowest BCUT2D eigenvalue weighted by Crippen LogP contribution is -2.19. The van der Waals surface area contributed by atoms with Crippen LogP contribution in [0.25, 0.3) is 21.8 Å². The van der Waals surface area contributed by atoms with Crippen LogP contribution in [-0.4, -0.2) is 46.1 Å². The molecule has 4 N–H and O–H groups in total. The second kappa shape index (κ2) is 16.6. The van der Waals surface area contributed by atoms with Crippen molar-refractivity contribution in [3.8, 4) is 0 Å². The fraction of sp³-hybridized carbons (Fsp3) is 0.353. The lowest BCUT2D eigenvalue weighted by atomic mass is 10.1. The van der Waals surface area contributed by atoms with Gasteiger partial charge in [0, 0.05) is 61.7 Å². The maximum Gasteiger partial charge on any atom is 0.0968 e. The standard InChI is InChI=1S/C34H42N8/c1(15-37-23-27-11-19-35-20-12-27)3-17-39-25-31-9-7-29-5-6-30-8-10-32(42-34(30)33(29)41-31)26-40-18-4-2-16-38-24-28-13-21-36-22-14-28/h5-14,19-22,37-40H,1-4,15-18,23-26H2. The molecule has 0 aliphatic heterocycles. The predicted octanol–water partition coefficient (Wildman–Crippen LogP) is 4.89.